The van der Waals surface area contributed by atoms with E-state index in [1.54, 1.807) is 7.11 Å². The third-order valence-electron chi connectivity index (χ3n) is 2.76. The van der Waals surface area contributed by atoms with Gasteiger partial charge in [-0.05, 0) is 58.9 Å². The molecule has 3 nitrogen and oxygen atoms in total. The molecule has 0 aliphatic carbocycles. The molecule has 2 aromatic carbocycles. The van der Waals surface area contributed by atoms with Crippen molar-refractivity contribution in [1.82, 2.24) is 5.32 Å². The molecule has 20 heavy (non-hydrogen) atoms. The number of halogens is 2. The summed E-state index contributed by atoms with van der Waals surface area (Å²) in [5, 5.41) is 3.12. The summed E-state index contributed by atoms with van der Waals surface area (Å²) in [7, 11) is 3.56. The van der Waals surface area contributed by atoms with Crippen LogP contribution in [0.3, 0.4) is 0 Å². The number of nitrogens with one attached hydrogen (secondary N) is 1. The molecule has 0 radical (unpaired) electrons. The molecule has 2 rings (SSSR count). The molecule has 0 aliphatic heterocycles. The van der Waals surface area contributed by atoms with Crippen molar-refractivity contribution in [2.24, 2.45) is 0 Å². The van der Waals surface area contributed by atoms with E-state index in [1.165, 1.54) is 5.56 Å². The van der Waals surface area contributed by atoms with Crippen LogP contribution in [0.5, 0.6) is 17.2 Å². The maximum absolute atomic E-state index is 5.87. The Morgan fingerprint density at radius 1 is 1.00 bits per heavy atom. The van der Waals surface area contributed by atoms with E-state index in [9.17, 15) is 0 Å². The van der Waals surface area contributed by atoms with Crippen molar-refractivity contribution < 1.29 is 9.47 Å². The molecule has 0 amide bonds. The van der Waals surface area contributed by atoms with Crippen molar-refractivity contribution in [3.63, 3.8) is 0 Å². The summed E-state index contributed by atoms with van der Waals surface area (Å²) in [5.74, 6) is 2.32. The second kappa shape index (κ2) is 7.11. The molecular formula is C15H15Br2NO2. The van der Waals surface area contributed by atoms with Crippen molar-refractivity contribution in [2.75, 3.05) is 14.2 Å². The fourth-order valence-corrected chi connectivity index (χ4v) is 2.68. The normalized spacial score (nSPS) is 10.4. The standard InChI is InChI=1S/C15H15Br2NO2/c1-18-9-10-3-4-12(8-13(10)16)20-15-6-5-11(19-2)7-14(15)17/h3-8,18H,9H2,1-2H3. The van der Waals surface area contributed by atoms with E-state index in [2.05, 4.69) is 37.2 Å². The zero-order chi connectivity index (χ0) is 14.5. The van der Waals surface area contributed by atoms with Crippen LogP contribution in [-0.2, 0) is 6.54 Å². The van der Waals surface area contributed by atoms with Crippen LogP contribution in [0.2, 0.25) is 0 Å². The number of hydrogen-bond donors (Lipinski definition) is 1. The molecule has 0 spiro atoms. The minimum absolute atomic E-state index is 0.749. The van der Waals surface area contributed by atoms with Crippen molar-refractivity contribution in [3.05, 3.63) is 50.9 Å². The van der Waals surface area contributed by atoms with Crippen LogP contribution in [0.1, 0.15) is 5.56 Å². The molecule has 5 heteroatoms. The summed E-state index contributed by atoms with van der Waals surface area (Å²) >= 11 is 7.03. The molecule has 106 valence electrons. The highest BCUT2D eigenvalue weighted by molar-refractivity contribution is 9.10. The topological polar surface area (TPSA) is 30.5 Å². The van der Waals surface area contributed by atoms with Gasteiger partial charge in [-0.1, -0.05) is 22.0 Å². The fraction of sp³-hybridized carbons (Fsp3) is 0.200. The predicted molar refractivity (Wildman–Crippen MR) is 87.7 cm³/mol. The lowest BCUT2D eigenvalue weighted by atomic mass is 10.2. The highest BCUT2D eigenvalue weighted by Crippen LogP contribution is 2.34. The van der Waals surface area contributed by atoms with Gasteiger partial charge < -0.3 is 14.8 Å². The predicted octanol–water partition coefficient (Wildman–Crippen LogP) is 4.73. The monoisotopic (exact) mass is 399 g/mol. The van der Waals surface area contributed by atoms with Crippen LogP contribution in [0.15, 0.2) is 45.3 Å². The molecule has 0 unspecified atom stereocenters. The molecule has 0 saturated heterocycles. The molecule has 0 aromatic heterocycles. The Morgan fingerprint density at radius 2 is 1.70 bits per heavy atom. The second-order valence-corrected chi connectivity index (χ2v) is 5.89. The van der Waals surface area contributed by atoms with E-state index in [0.717, 1.165) is 32.7 Å². The van der Waals surface area contributed by atoms with Crippen molar-refractivity contribution in [2.45, 2.75) is 6.54 Å². The Morgan fingerprint density at radius 3 is 2.30 bits per heavy atom. The quantitative estimate of drug-likeness (QED) is 0.786. The summed E-state index contributed by atoms with van der Waals surface area (Å²) in [4.78, 5) is 0. The lowest BCUT2D eigenvalue weighted by Gasteiger charge is -2.11. The molecule has 0 fully saturated rings. The van der Waals surface area contributed by atoms with E-state index in [0.29, 0.717) is 0 Å². The molecular weight excluding hydrogens is 386 g/mol. The van der Waals surface area contributed by atoms with E-state index in [1.807, 2.05) is 43.4 Å². The molecule has 0 aliphatic rings. The molecule has 0 saturated carbocycles. The summed E-state index contributed by atoms with van der Waals surface area (Å²) in [6.45, 7) is 0.813. The van der Waals surface area contributed by atoms with Gasteiger partial charge >= 0.3 is 0 Å². The van der Waals surface area contributed by atoms with Gasteiger partial charge in [0, 0.05) is 11.0 Å². The van der Waals surface area contributed by atoms with E-state index >= 15 is 0 Å². The van der Waals surface area contributed by atoms with Crippen LogP contribution in [-0.4, -0.2) is 14.2 Å². The fourth-order valence-electron chi connectivity index (χ4n) is 1.74. The van der Waals surface area contributed by atoms with E-state index in [-0.39, 0.29) is 0 Å². The number of benzene rings is 2. The Hall–Kier alpha value is -1.04. The first kappa shape index (κ1) is 15.4. The Balaban J connectivity index is 2.19. The second-order valence-electron chi connectivity index (χ2n) is 4.18. The average Bonchev–Trinajstić information content (AvgIpc) is 2.44. The zero-order valence-corrected chi connectivity index (χ0v) is 14.4. The number of hydrogen-bond acceptors (Lipinski definition) is 3. The van der Waals surface area contributed by atoms with Gasteiger partial charge in [-0.15, -0.1) is 0 Å². The molecule has 1 N–H and O–H groups in total. The third-order valence-corrected chi connectivity index (χ3v) is 4.12. The lowest BCUT2D eigenvalue weighted by Crippen LogP contribution is -2.05. The molecule has 0 heterocycles. The van der Waals surface area contributed by atoms with Crippen LogP contribution < -0.4 is 14.8 Å². The Labute approximate surface area is 135 Å². The van der Waals surface area contributed by atoms with E-state index in [4.69, 9.17) is 9.47 Å². The summed E-state index contributed by atoms with van der Waals surface area (Å²) in [6.07, 6.45) is 0. The van der Waals surface area contributed by atoms with E-state index < -0.39 is 0 Å². The van der Waals surface area contributed by atoms with Gasteiger partial charge in [-0.3, -0.25) is 0 Å². The summed E-state index contributed by atoms with van der Waals surface area (Å²) < 4.78 is 12.9. The van der Waals surface area contributed by atoms with Crippen LogP contribution in [0.25, 0.3) is 0 Å². The molecule has 2 aromatic rings. The minimum Gasteiger partial charge on any atom is -0.497 e. The number of methoxy groups -OCH3 is 1. The van der Waals surface area contributed by atoms with Crippen molar-refractivity contribution in [1.29, 1.82) is 0 Å². The highest BCUT2D eigenvalue weighted by Gasteiger charge is 2.06. The smallest absolute Gasteiger partial charge is 0.141 e. The SMILES string of the molecule is CNCc1ccc(Oc2ccc(OC)cc2Br)cc1Br. The van der Waals surface area contributed by atoms with Gasteiger partial charge in [-0.2, -0.15) is 0 Å². The van der Waals surface area contributed by atoms with Gasteiger partial charge in [0.25, 0.3) is 0 Å². The van der Waals surface area contributed by atoms with Crippen LogP contribution in [0.4, 0.5) is 0 Å². The number of rotatable bonds is 5. The van der Waals surface area contributed by atoms with Gasteiger partial charge in [0.1, 0.15) is 17.2 Å². The average molecular weight is 401 g/mol. The highest BCUT2D eigenvalue weighted by atomic mass is 79.9. The first-order valence-electron chi connectivity index (χ1n) is 6.08. The van der Waals surface area contributed by atoms with Crippen LogP contribution >= 0.6 is 31.9 Å². The minimum atomic E-state index is 0.749. The van der Waals surface area contributed by atoms with Crippen LogP contribution in [0, 0.1) is 0 Å². The van der Waals surface area contributed by atoms with Gasteiger partial charge in [0.2, 0.25) is 0 Å². The molecule has 0 bridgehead atoms. The largest absolute Gasteiger partial charge is 0.497 e. The third kappa shape index (κ3) is 3.75. The Bertz CT molecular complexity index is 602. The maximum atomic E-state index is 5.87. The number of ether oxygens (including phenoxy) is 2. The summed E-state index contributed by atoms with van der Waals surface area (Å²) in [5.41, 5.74) is 1.19. The van der Waals surface area contributed by atoms with Crippen molar-refractivity contribution >= 4 is 31.9 Å². The van der Waals surface area contributed by atoms with Gasteiger partial charge in [0.15, 0.2) is 0 Å². The molecule has 0 atom stereocenters. The summed E-state index contributed by atoms with van der Waals surface area (Å²) in [6, 6.07) is 11.6. The lowest BCUT2D eigenvalue weighted by molar-refractivity contribution is 0.412. The zero-order valence-electron chi connectivity index (χ0n) is 11.2. The van der Waals surface area contributed by atoms with Crippen molar-refractivity contribution in [3.8, 4) is 17.2 Å². The maximum Gasteiger partial charge on any atom is 0.141 e. The Kier molecular flexibility index (Phi) is 5.46. The first-order chi connectivity index (χ1) is 9.63. The van der Waals surface area contributed by atoms with Gasteiger partial charge in [-0.25, -0.2) is 0 Å². The van der Waals surface area contributed by atoms with Gasteiger partial charge in [0.05, 0.1) is 11.6 Å². The first-order valence-corrected chi connectivity index (χ1v) is 7.67.